The zero-order valence-electron chi connectivity index (χ0n) is 17.1. The highest BCUT2D eigenvalue weighted by molar-refractivity contribution is 6.01. The lowest BCUT2D eigenvalue weighted by Crippen LogP contribution is -2.33. The van der Waals surface area contributed by atoms with Crippen molar-refractivity contribution in [2.24, 2.45) is 4.99 Å². The minimum absolute atomic E-state index is 0.106. The fraction of sp³-hybridized carbons (Fsp3) is 0.240. The fourth-order valence-corrected chi connectivity index (χ4v) is 3.78. The molecule has 1 heterocycles. The number of nitrogens with one attached hydrogen (secondary N) is 1. The van der Waals surface area contributed by atoms with Crippen LogP contribution in [0.2, 0.25) is 0 Å². The summed E-state index contributed by atoms with van der Waals surface area (Å²) in [4.78, 5) is 4.83. The SMILES string of the molecule is CCOc1cccc([C@H]2CC(c3ccc(C)cc3)=N[C@H](c3ccccc3F)N2)c1O. The van der Waals surface area contributed by atoms with E-state index in [1.807, 2.05) is 50.2 Å². The van der Waals surface area contributed by atoms with Gasteiger partial charge in [0.2, 0.25) is 0 Å². The van der Waals surface area contributed by atoms with Crippen molar-refractivity contribution in [1.82, 2.24) is 5.32 Å². The van der Waals surface area contributed by atoms with Gasteiger partial charge in [0, 0.05) is 29.3 Å². The molecule has 30 heavy (non-hydrogen) atoms. The van der Waals surface area contributed by atoms with Gasteiger partial charge in [-0.2, -0.15) is 0 Å². The van der Waals surface area contributed by atoms with Crippen LogP contribution in [0.5, 0.6) is 11.5 Å². The van der Waals surface area contributed by atoms with Crippen molar-refractivity contribution >= 4 is 5.71 Å². The van der Waals surface area contributed by atoms with E-state index in [2.05, 4.69) is 5.32 Å². The smallest absolute Gasteiger partial charge is 0.162 e. The first kappa shape index (κ1) is 20.1. The molecule has 3 aromatic rings. The predicted octanol–water partition coefficient (Wildman–Crippen LogP) is 5.46. The maximum atomic E-state index is 14.6. The van der Waals surface area contributed by atoms with Crippen molar-refractivity contribution in [3.8, 4) is 11.5 Å². The van der Waals surface area contributed by atoms with Gasteiger partial charge >= 0.3 is 0 Å². The molecule has 154 valence electrons. The van der Waals surface area contributed by atoms with Crippen molar-refractivity contribution < 1.29 is 14.2 Å². The number of aliphatic imine (C=N–C) groups is 1. The molecule has 4 rings (SSSR count). The summed E-state index contributed by atoms with van der Waals surface area (Å²) in [7, 11) is 0. The third-order valence-corrected chi connectivity index (χ3v) is 5.33. The Bertz CT molecular complexity index is 1060. The van der Waals surface area contributed by atoms with Gasteiger partial charge in [-0.1, -0.05) is 60.2 Å². The number of phenolic OH excluding ortho intramolecular Hbond substituents is 1. The van der Waals surface area contributed by atoms with E-state index >= 15 is 0 Å². The summed E-state index contributed by atoms with van der Waals surface area (Å²) in [6.45, 7) is 4.38. The summed E-state index contributed by atoms with van der Waals surface area (Å²) in [5.74, 6) is 0.239. The van der Waals surface area contributed by atoms with Gasteiger partial charge in [0.15, 0.2) is 11.5 Å². The average molecular weight is 404 g/mol. The topological polar surface area (TPSA) is 53.8 Å². The normalized spacial score (nSPS) is 18.7. The molecule has 2 atom stereocenters. The molecule has 0 saturated heterocycles. The minimum atomic E-state index is -0.559. The Hall–Kier alpha value is -3.18. The minimum Gasteiger partial charge on any atom is -0.504 e. The van der Waals surface area contributed by atoms with Gasteiger partial charge in [0.05, 0.1) is 6.61 Å². The van der Waals surface area contributed by atoms with Crippen LogP contribution in [0, 0.1) is 12.7 Å². The number of hydrogen-bond acceptors (Lipinski definition) is 4. The van der Waals surface area contributed by atoms with Crippen LogP contribution in [0.3, 0.4) is 0 Å². The van der Waals surface area contributed by atoms with Crippen LogP contribution in [-0.4, -0.2) is 17.4 Å². The van der Waals surface area contributed by atoms with Crippen LogP contribution in [0.4, 0.5) is 4.39 Å². The van der Waals surface area contributed by atoms with Crippen molar-refractivity contribution in [1.29, 1.82) is 0 Å². The Morgan fingerprint density at radius 3 is 2.50 bits per heavy atom. The molecule has 2 N–H and O–H groups in total. The highest BCUT2D eigenvalue weighted by atomic mass is 19.1. The van der Waals surface area contributed by atoms with E-state index in [0.29, 0.717) is 29.9 Å². The van der Waals surface area contributed by atoms with Gasteiger partial charge in [-0.05, 0) is 31.5 Å². The van der Waals surface area contributed by atoms with Crippen LogP contribution in [0.25, 0.3) is 0 Å². The second-order valence-corrected chi connectivity index (χ2v) is 7.42. The maximum Gasteiger partial charge on any atom is 0.162 e. The summed E-state index contributed by atoms with van der Waals surface area (Å²) < 4.78 is 20.1. The molecular weight excluding hydrogens is 379 g/mol. The van der Waals surface area contributed by atoms with E-state index in [1.165, 1.54) is 6.07 Å². The Balaban J connectivity index is 1.77. The lowest BCUT2D eigenvalue weighted by Gasteiger charge is -2.31. The second-order valence-electron chi connectivity index (χ2n) is 7.42. The highest BCUT2D eigenvalue weighted by Gasteiger charge is 2.29. The van der Waals surface area contributed by atoms with Gasteiger partial charge in [-0.25, -0.2) is 4.39 Å². The molecule has 0 radical (unpaired) electrons. The van der Waals surface area contributed by atoms with Crippen molar-refractivity contribution in [2.75, 3.05) is 6.61 Å². The van der Waals surface area contributed by atoms with Gasteiger partial charge in [0.25, 0.3) is 0 Å². The third kappa shape index (κ3) is 4.07. The van der Waals surface area contributed by atoms with Crippen LogP contribution in [-0.2, 0) is 0 Å². The van der Waals surface area contributed by atoms with E-state index in [4.69, 9.17) is 9.73 Å². The first-order valence-corrected chi connectivity index (χ1v) is 10.2. The number of benzene rings is 3. The standard InChI is InChI=1S/C25H25FN2O2/c1-3-30-23-10-6-8-19(24(23)29)22-15-21(17-13-11-16(2)12-14-17)27-25(28-22)18-7-4-5-9-20(18)26/h4-14,22,25,28-29H,3,15H2,1-2H3/t22-,25+/m1/s1. The molecule has 1 aliphatic rings. The van der Waals surface area contributed by atoms with Gasteiger partial charge in [-0.3, -0.25) is 10.3 Å². The average Bonchev–Trinajstić information content (AvgIpc) is 2.76. The Morgan fingerprint density at radius 2 is 1.77 bits per heavy atom. The number of aryl methyl sites for hydroxylation is 1. The maximum absolute atomic E-state index is 14.6. The van der Waals surface area contributed by atoms with E-state index < -0.39 is 6.17 Å². The number of phenols is 1. The molecule has 0 unspecified atom stereocenters. The van der Waals surface area contributed by atoms with Gasteiger partial charge < -0.3 is 9.84 Å². The summed E-state index contributed by atoms with van der Waals surface area (Å²) >= 11 is 0. The van der Waals surface area contributed by atoms with Crippen LogP contribution < -0.4 is 10.1 Å². The van der Waals surface area contributed by atoms with Gasteiger partial charge in [-0.15, -0.1) is 0 Å². The van der Waals surface area contributed by atoms with Crippen LogP contribution in [0.15, 0.2) is 71.7 Å². The van der Waals surface area contributed by atoms with E-state index in [9.17, 15) is 9.50 Å². The lowest BCUT2D eigenvalue weighted by atomic mass is 9.93. The Labute approximate surface area is 176 Å². The molecule has 0 bridgehead atoms. The number of hydrogen-bond donors (Lipinski definition) is 2. The summed E-state index contributed by atoms with van der Waals surface area (Å²) in [5.41, 5.74) is 4.22. The lowest BCUT2D eigenvalue weighted by molar-refractivity contribution is 0.313. The fourth-order valence-electron chi connectivity index (χ4n) is 3.78. The number of nitrogens with zero attached hydrogens (tertiary/aromatic N) is 1. The molecule has 0 aliphatic carbocycles. The molecule has 1 aliphatic heterocycles. The Morgan fingerprint density at radius 1 is 1.03 bits per heavy atom. The van der Waals surface area contributed by atoms with E-state index in [0.717, 1.165) is 16.8 Å². The number of para-hydroxylation sites is 1. The molecule has 0 saturated carbocycles. The summed E-state index contributed by atoms with van der Waals surface area (Å²) in [6.07, 6.45) is 0.00773. The molecule has 3 aromatic carbocycles. The quantitative estimate of drug-likeness (QED) is 0.594. The zero-order chi connectivity index (χ0) is 21.1. The first-order chi connectivity index (χ1) is 14.6. The Kier molecular flexibility index (Phi) is 5.81. The van der Waals surface area contributed by atoms with Crippen LogP contribution >= 0.6 is 0 Å². The molecule has 0 fully saturated rings. The third-order valence-electron chi connectivity index (χ3n) is 5.33. The van der Waals surface area contributed by atoms with E-state index in [1.54, 1.807) is 24.3 Å². The monoisotopic (exact) mass is 404 g/mol. The molecule has 0 aromatic heterocycles. The number of aromatic hydroxyl groups is 1. The first-order valence-electron chi connectivity index (χ1n) is 10.2. The molecule has 4 nitrogen and oxygen atoms in total. The predicted molar refractivity (Wildman–Crippen MR) is 117 cm³/mol. The van der Waals surface area contributed by atoms with Crippen molar-refractivity contribution in [3.63, 3.8) is 0 Å². The van der Waals surface area contributed by atoms with E-state index in [-0.39, 0.29) is 17.6 Å². The number of halogens is 1. The second kappa shape index (κ2) is 8.67. The van der Waals surface area contributed by atoms with Gasteiger partial charge in [0.1, 0.15) is 12.0 Å². The molecular formula is C25H25FN2O2. The summed E-state index contributed by atoms with van der Waals surface area (Å²) in [5, 5.41) is 14.2. The molecule has 0 spiro atoms. The largest absolute Gasteiger partial charge is 0.504 e. The zero-order valence-corrected chi connectivity index (χ0v) is 17.1. The molecule has 0 amide bonds. The summed E-state index contributed by atoms with van der Waals surface area (Å²) in [6, 6.07) is 20.0. The number of rotatable bonds is 5. The van der Waals surface area contributed by atoms with Crippen molar-refractivity contribution in [2.45, 2.75) is 32.5 Å². The van der Waals surface area contributed by atoms with Crippen LogP contribution in [0.1, 0.15) is 47.8 Å². The number of ether oxygens (including phenoxy) is 1. The highest BCUT2D eigenvalue weighted by Crippen LogP contribution is 2.39. The van der Waals surface area contributed by atoms with Crippen molar-refractivity contribution in [3.05, 3.63) is 94.8 Å². The molecule has 5 heteroatoms.